The van der Waals surface area contributed by atoms with Crippen molar-refractivity contribution in [2.75, 3.05) is 13.2 Å². The van der Waals surface area contributed by atoms with Gasteiger partial charge in [0.05, 0.1) is 25.4 Å². The van der Waals surface area contributed by atoms with Crippen molar-refractivity contribution < 1.29 is 57.0 Å². The van der Waals surface area contributed by atoms with Gasteiger partial charge in [-0.05, 0) is 57.8 Å². The fourth-order valence-corrected chi connectivity index (χ4v) is 7.04. The number of carbonyl (C=O) groups excluding carboxylic acids is 1. The van der Waals surface area contributed by atoms with E-state index in [2.05, 4.69) is 47.7 Å². The molecule has 13 nitrogen and oxygen atoms in total. The quantitative estimate of drug-likeness (QED) is 0.0207. The van der Waals surface area contributed by atoms with Crippen LogP contribution in [0.1, 0.15) is 162 Å². The van der Waals surface area contributed by atoms with Crippen LogP contribution in [0.2, 0.25) is 0 Å². The maximum Gasteiger partial charge on any atom is 0.397 e. The summed E-state index contributed by atoms with van der Waals surface area (Å²) in [5.41, 5.74) is 0. The van der Waals surface area contributed by atoms with Gasteiger partial charge in [0.15, 0.2) is 6.29 Å². The van der Waals surface area contributed by atoms with Crippen LogP contribution in [0, 0.1) is 0 Å². The highest BCUT2D eigenvalue weighted by molar-refractivity contribution is 7.80. The lowest BCUT2D eigenvalue weighted by Gasteiger charge is -2.41. The molecular formula is C42H77NO12S. The third-order valence-corrected chi connectivity index (χ3v) is 10.5. The molecule has 1 heterocycles. The molecule has 1 fully saturated rings. The molecule has 0 aliphatic carbocycles. The van der Waals surface area contributed by atoms with E-state index in [1.54, 1.807) is 6.08 Å². The van der Waals surface area contributed by atoms with E-state index >= 15 is 0 Å². The summed E-state index contributed by atoms with van der Waals surface area (Å²) in [5, 5.41) is 55.0. The Bertz CT molecular complexity index is 1170. The molecule has 1 aliphatic heterocycles. The summed E-state index contributed by atoms with van der Waals surface area (Å²) in [4.78, 5) is 13.0. The lowest BCUT2D eigenvalue weighted by atomic mass is 9.99. The number of unbranched alkanes of at least 4 members (excludes halogenated alkanes) is 18. The van der Waals surface area contributed by atoms with Crippen molar-refractivity contribution >= 4 is 16.3 Å². The molecule has 1 aliphatic rings. The zero-order valence-electron chi connectivity index (χ0n) is 34.3. The number of rotatable bonds is 35. The molecular weight excluding hydrogens is 743 g/mol. The highest BCUT2D eigenvalue weighted by Crippen LogP contribution is 2.26. The molecule has 1 saturated heterocycles. The number of carbonyl (C=O) groups is 1. The molecule has 328 valence electrons. The summed E-state index contributed by atoms with van der Waals surface area (Å²) in [5.74, 6) is -0.724. The summed E-state index contributed by atoms with van der Waals surface area (Å²) < 4.78 is 47.3. The van der Waals surface area contributed by atoms with Gasteiger partial charge in [-0.2, -0.15) is 8.42 Å². The minimum absolute atomic E-state index is 0.222. The van der Waals surface area contributed by atoms with Gasteiger partial charge >= 0.3 is 10.4 Å². The van der Waals surface area contributed by atoms with Crippen molar-refractivity contribution in [3.05, 3.63) is 36.5 Å². The molecule has 0 saturated carbocycles. The summed E-state index contributed by atoms with van der Waals surface area (Å²) in [6.45, 7) is 3.14. The Morgan fingerprint density at radius 1 is 0.714 bits per heavy atom. The largest absolute Gasteiger partial charge is 0.397 e. The molecule has 0 spiro atoms. The average molecular weight is 820 g/mol. The van der Waals surface area contributed by atoms with Gasteiger partial charge < -0.3 is 40.3 Å². The number of hydrogen-bond donors (Lipinski definition) is 7. The Labute approximate surface area is 337 Å². The van der Waals surface area contributed by atoms with Crippen LogP contribution < -0.4 is 5.32 Å². The molecule has 8 atom stereocenters. The van der Waals surface area contributed by atoms with Gasteiger partial charge in [-0.3, -0.25) is 9.35 Å². The first-order valence-corrected chi connectivity index (χ1v) is 22.8. The Balaban J connectivity index is 2.67. The highest BCUT2D eigenvalue weighted by Gasteiger charge is 2.48. The van der Waals surface area contributed by atoms with Gasteiger partial charge in [0.2, 0.25) is 5.91 Å². The van der Waals surface area contributed by atoms with Crippen LogP contribution in [0.25, 0.3) is 0 Å². The van der Waals surface area contributed by atoms with Gasteiger partial charge in [0, 0.05) is 0 Å². The third kappa shape index (κ3) is 25.6. The molecule has 1 rings (SSSR count). The number of aliphatic hydroxyl groups excluding tert-OH is 5. The van der Waals surface area contributed by atoms with Crippen LogP contribution in [0.5, 0.6) is 0 Å². The second-order valence-electron chi connectivity index (χ2n) is 15.1. The molecule has 1 amide bonds. The van der Waals surface area contributed by atoms with E-state index in [0.29, 0.717) is 12.8 Å². The monoisotopic (exact) mass is 820 g/mol. The van der Waals surface area contributed by atoms with Crippen LogP contribution in [-0.2, 0) is 28.9 Å². The molecule has 0 radical (unpaired) electrons. The predicted octanol–water partition coefficient (Wildman–Crippen LogP) is 6.52. The van der Waals surface area contributed by atoms with E-state index in [1.165, 1.54) is 83.1 Å². The van der Waals surface area contributed by atoms with Gasteiger partial charge in [-0.15, -0.1) is 0 Å². The van der Waals surface area contributed by atoms with Gasteiger partial charge in [0.1, 0.15) is 30.5 Å². The minimum atomic E-state index is -5.12. The van der Waals surface area contributed by atoms with E-state index in [1.807, 2.05) is 0 Å². The van der Waals surface area contributed by atoms with Crippen LogP contribution >= 0.6 is 0 Å². The molecule has 0 aromatic heterocycles. The lowest BCUT2D eigenvalue weighted by molar-refractivity contribution is -0.298. The van der Waals surface area contributed by atoms with E-state index in [9.17, 15) is 38.7 Å². The standard InChI is InChI=1S/C42H77NO12S/c1-3-5-7-9-11-13-15-17-18-19-21-23-25-27-29-31-36(46)41(49)43-34(35(45)30-28-26-24-22-20-16-14-12-10-8-6-4-2)33-53-42-39(48)40(55-56(50,51)52)38(47)37(32-44)54-42/h18-20,22,28,30,34-40,42,44-48H,3-17,21,23-27,29,31-33H2,1-2H3,(H,43,49)(H,50,51,52)/b19-18-,22-20+,30-28+. The number of ether oxygens (including phenoxy) is 2. The number of aliphatic hydroxyl groups is 5. The maximum absolute atomic E-state index is 13.0. The van der Waals surface area contributed by atoms with Crippen LogP contribution in [-0.4, -0.2) is 107 Å². The second kappa shape index (κ2) is 33.1. The number of allylic oxidation sites excluding steroid dienone is 5. The third-order valence-electron chi connectivity index (χ3n) is 10.0. The smallest absolute Gasteiger partial charge is 0.394 e. The van der Waals surface area contributed by atoms with Crippen molar-refractivity contribution in [1.82, 2.24) is 5.32 Å². The zero-order valence-corrected chi connectivity index (χ0v) is 35.1. The lowest BCUT2D eigenvalue weighted by Crippen LogP contribution is -2.61. The Kier molecular flexibility index (Phi) is 31.0. The van der Waals surface area contributed by atoms with E-state index in [4.69, 9.17) is 14.0 Å². The highest BCUT2D eigenvalue weighted by atomic mass is 32.3. The fourth-order valence-electron chi connectivity index (χ4n) is 6.53. The van der Waals surface area contributed by atoms with Crippen molar-refractivity contribution in [2.45, 2.75) is 210 Å². The topological polar surface area (TPSA) is 212 Å². The first kappa shape index (κ1) is 52.3. The Morgan fingerprint density at radius 2 is 1.20 bits per heavy atom. The Morgan fingerprint density at radius 3 is 1.71 bits per heavy atom. The second-order valence-corrected chi connectivity index (χ2v) is 16.1. The molecule has 0 aromatic rings. The first-order valence-electron chi connectivity index (χ1n) is 21.5. The number of amides is 1. The zero-order chi connectivity index (χ0) is 41.4. The summed E-state index contributed by atoms with van der Waals surface area (Å²) in [7, 11) is -5.12. The minimum Gasteiger partial charge on any atom is -0.394 e. The van der Waals surface area contributed by atoms with Crippen molar-refractivity contribution in [1.29, 1.82) is 0 Å². The molecule has 0 aromatic carbocycles. The van der Waals surface area contributed by atoms with E-state index in [0.717, 1.165) is 51.4 Å². The number of hydrogen-bond acceptors (Lipinski definition) is 11. The van der Waals surface area contributed by atoms with Gasteiger partial charge in [0.25, 0.3) is 0 Å². The first-order chi connectivity index (χ1) is 26.9. The Hall–Kier alpha value is -1.72. The predicted molar refractivity (Wildman–Crippen MR) is 219 cm³/mol. The molecule has 7 N–H and O–H groups in total. The number of nitrogens with one attached hydrogen (secondary N) is 1. The van der Waals surface area contributed by atoms with Crippen LogP contribution in [0.4, 0.5) is 0 Å². The molecule has 56 heavy (non-hydrogen) atoms. The van der Waals surface area contributed by atoms with Crippen LogP contribution in [0.15, 0.2) is 36.5 Å². The summed E-state index contributed by atoms with van der Waals surface area (Å²) in [6.07, 6.45) is 25.2. The molecule has 8 unspecified atom stereocenters. The average Bonchev–Trinajstić information content (AvgIpc) is 3.16. The fraction of sp³-hybridized carbons (Fsp3) is 0.833. The van der Waals surface area contributed by atoms with Crippen molar-refractivity contribution in [3.8, 4) is 0 Å². The van der Waals surface area contributed by atoms with Crippen molar-refractivity contribution in [3.63, 3.8) is 0 Å². The van der Waals surface area contributed by atoms with E-state index < -0.39 is 78.5 Å². The van der Waals surface area contributed by atoms with Gasteiger partial charge in [-0.25, -0.2) is 4.18 Å². The molecule has 14 heteroatoms. The maximum atomic E-state index is 13.0. The van der Waals surface area contributed by atoms with Crippen LogP contribution in [0.3, 0.4) is 0 Å². The SMILES string of the molecule is CCCCCCCC/C=C/CC/C=C/C(O)C(COC1OC(CO)C(O)C(OS(=O)(=O)O)C1O)NC(=O)C(O)CCCCCC/C=C\CCCCCCCCC. The summed E-state index contributed by atoms with van der Waals surface area (Å²) in [6, 6.07) is -1.14. The van der Waals surface area contributed by atoms with Crippen molar-refractivity contribution in [2.24, 2.45) is 0 Å². The van der Waals surface area contributed by atoms with Gasteiger partial charge in [-0.1, -0.05) is 140 Å². The van der Waals surface area contributed by atoms with E-state index in [-0.39, 0.29) is 6.42 Å². The summed E-state index contributed by atoms with van der Waals surface area (Å²) >= 11 is 0. The molecule has 0 bridgehead atoms. The normalized spacial score (nSPS) is 22.3.